The van der Waals surface area contributed by atoms with E-state index >= 15 is 0 Å². The third-order valence-electron chi connectivity index (χ3n) is 4.70. The maximum absolute atomic E-state index is 13.1. The van der Waals surface area contributed by atoms with Gasteiger partial charge in [-0.3, -0.25) is 15.0 Å². The quantitative estimate of drug-likeness (QED) is 0.619. The van der Waals surface area contributed by atoms with Crippen LogP contribution < -0.4 is 10.1 Å². The Morgan fingerprint density at radius 2 is 1.93 bits per heavy atom. The van der Waals surface area contributed by atoms with Gasteiger partial charge in [-0.1, -0.05) is 24.3 Å². The summed E-state index contributed by atoms with van der Waals surface area (Å²) in [7, 11) is 0. The highest BCUT2D eigenvalue weighted by Gasteiger charge is 2.16. The number of carbonyl (C=O) groups excluding carboxylic acids is 1. The van der Waals surface area contributed by atoms with E-state index in [0.29, 0.717) is 16.4 Å². The van der Waals surface area contributed by atoms with Crippen molar-refractivity contribution >= 4 is 22.4 Å². The number of aromatic nitrogens is 1. The highest BCUT2D eigenvalue weighted by atomic mass is 32.1. The number of halogens is 1. The second kappa shape index (κ2) is 9.80. The Morgan fingerprint density at radius 1 is 1.17 bits per heavy atom. The lowest BCUT2D eigenvalue weighted by Gasteiger charge is -2.25. The van der Waals surface area contributed by atoms with Gasteiger partial charge in [-0.2, -0.15) is 0 Å². The van der Waals surface area contributed by atoms with Crippen molar-refractivity contribution < 1.29 is 18.7 Å². The molecule has 1 aromatic heterocycles. The van der Waals surface area contributed by atoms with Gasteiger partial charge in [0.2, 0.25) is 0 Å². The van der Waals surface area contributed by atoms with Crippen LogP contribution in [0.3, 0.4) is 0 Å². The van der Waals surface area contributed by atoms with Crippen LogP contribution in [0.25, 0.3) is 0 Å². The maximum atomic E-state index is 13.1. The highest BCUT2D eigenvalue weighted by Crippen LogP contribution is 2.23. The predicted octanol–water partition coefficient (Wildman–Crippen LogP) is 3.95. The van der Waals surface area contributed by atoms with E-state index in [9.17, 15) is 9.18 Å². The molecule has 0 spiro atoms. The Kier molecular flexibility index (Phi) is 6.68. The molecule has 0 bridgehead atoms. The summed E-state index contributed by atoms with van der Waals surface area (Å²) in [5.74, 6) is -0.114. The Bertz CT molecular complexity index is 987. The van der Waals surface area contributed by atoms with Crippen LogP contribution in [-0.4, -0.2) is 42.1 Å². The van der Waals surface area contributed by atoms with Crippen molar-refractivity contribution in [3.8, 4) is 5.75 Å². The number of rotatable bonds is 7. The highest BCUT2D eigenvalue weighted by molar-refractivity contribution is 7.14. The first-order chi connectivity index (χ1) is 14.7. The molecule has 156 valence electrons. The summed E-state index contributed by atoms with van der Waals surface area (Å²) < 4.78 is 24.2. The molecule has 2 aromatic carbocycles. The fourth-order valence-corrected chi connectivity index (χ4v) is 3.81. The summed E-state index contributed by atoms with van der Waals surface area (Å²) in [6, 6.07) is 13.1. The SMILES string of the molecule is O=C(Nc1nc(CN2CCOCC2)cs1)c1ccccc1OCc1ccc(F)cc1. The molecule has 30 heavy (non-hydrogen) atoms. The molecule has 8 heteroatoms. The standard InChI is InChI=1S/C22H22FN3O3S/c23-17-7-5-16(6-8-17)14-29-20-4-2-1-3-19(20)21(27)25-22-24-18(15-30-22)13-26-9-11-28-12-10-26/h1-8,15H,9-14H2,(H,24,25,27). The minimum Gasteiger partial charge on any atom is -0.488 e. The first kappa shape index (κ1) is 20.5. The number of nitrogens with zero attached hydrogens (tertiary/aromatic N) is 2. The normalized spacial score (nSPS) is 14.4. The Labute approximate surface area is 178 Å². The van der Waals surface area contributed by atoms with E-state index in [0.717, 1.165) is 44.1 Å². The van der Waals surface area contributed by atoms with Crippen LogP contribution in [-0.2, 0) is 17.9 Å². The number of morpholine rings is 1. The van der Waals surface area contributed by atoms with Gasteiger partial charge in [0.25, 0.3) is 5.91 Å². The predicted molar refractivity (Wildman–Crippen MR) is 113 cm³/mol. The molecule has 1 aliphatic heterocycles. The molecule has 6 nitrogen and oxygen atoms in total. The third kappa shape index (κ3) is 5.41. The van der Waals surface area contributed by atoms with Gasteiger partial charge in [-0.15, -0.1) is 11.3 Å². The molecule has 0 saturated carbocycles. The summed E-state index contributed by atoms with van der Waals surface area (Å²) in [6.45, 7) is 4.24. The van der Waals surface area contributed by atoms with Gasteiger partial charge in [0, 0.05) is 25.0 Å². The molecule has 4 rings (SSSR count). The number of anilines is 1. The van der Waals surface area contributed by atoms with E-state index in [1.54, 1.807) is 36.4 Å². The molecule has 0 radical (unpaired) electrons. The largest absolute Gasteiger partial charge is 0.488 e. The lowest BCUT2D eigenvalue weighted by atomic mass is 10.2. The van der Waals surface area contributed by atoms with Crippen molar-refractivity contribution in [3.05, 3.63) is 76.5 Å². The summed E-state index contributed by atoms with van der Waals surface area (Å²) in [6.07, 6.45) is 0. The van der Waals surface area contributed by atoms with E-state index in [1.807, 2.05) is 5.38 Å². The number of hydrogen-bond donors (Lipinski definition) is 1. The van der Waals surface area contributed by atoms with Crippen LogP contribution in [0.2, 0.25) is 0 Å². The van der Waals surface area contributed by atoms with Gasteiger partial charge < -0.3 is 9.47 Å². The minimum absolute atomic E-state index is 0.242. The molecule has 0 aliphatic carbocycles. The average molecular weight is 428 g/mol. The number of thiazole rings is 1. The first-order valence-electron chi connectivity index (χ1n) is 9.69. The molecular formula is C22H22FN3O3S. The topological polar surface area (TPSA) is 63.7 Å². The van der Waals surface area contributed by atoms with Gasteiger partial charge in [-0.05, 0) is 29.8 Å². The van der Waals surface area contributed by atoms with E-state index in [1.165, 1.54) is 23.5 Å². The van der Waals surface area contributed by atoms with Gasteiger partial charge >= 0.3 is 0 Å². The zero-order valence-corrected chi connectivity index (χ0v) is 17.2. The van der Waals surface area contributed by atoms with Crippen LogP contribution in [0, 0.1) is 5.82 Å². The van der Waals surface area contributed by atoms with Crippen molar-refractivity contribution in [1.29, 1.82) is 0 Å². The maximum Gasteiger partial charge on any atom is 0.261 e. The molecule has 0 unspecified atom stereocenters. The van der Waals surface area contributed by atoms with Crippen LogP contribution in [0.15, 0.2) is 53.9 Å². The zero-order valence-electron chi connectivity index (χ0n) is 16.3. The van der Waals surface area contributed by atoms with Gasteiger partial charge in [0.05, 0.1) is 24.5 Å². The lowest BCUT2D eigenvalue weighted by Crippen LogP contribution is -2.35. The molecule has 1 fully saturated rings. The van der Waals surface area contributed by atoms with E-state index in [4.69, 9.17) is 9.47 Å². The minimum atomic E-state index is -0.296. The van der Waals surface area contributed by atoms with Crippen LogP contribution in [0.5, 0.6) is 5.75 Å². The number of hydrogen-bond acceptors (Lipinski definition) is 6. The number of ether oxygens (including phenoxy) is 2. The molecule has 1 saturated heterocycles. The number of amides is 1. The van der Waals surface area contributed by atoms with Gasteiger partial charge in [0.15, 0.2) is 5.13 Å². The summed E-state index contributed by atoms with van der Waals surface area (Å²) in [5.41, 5.74) is 2.17. The lowest BCUT2D eigenvalue weighted by molar-refractivity contribution is 0.0337. The second-order valence-electron chi connectivity index (χ2n) is 6.90. The molecule has 1 amide bonds. The average Bonchev–Trinajstić information content (AvgIpc) is 3.21. The zero-order chi connectivity index (χ0) is 20.8. The Balaban J connectivity index is 1.38. The second-order valence-corrected chi connectivity index (χ2v) is 7.76. The molecule has 1 N–H and O–H groups in total. The van der Waals surface area contributed by atoms with Crippen LogP contribution in [0.4, 0.5) is 9.52 Å². The van der Waals surface area contributed by atoms with E-state index in [-0.39, 0.29) is 18.3 Å². The van der Waals surface area contributed by atoms with Crippen LogP contribution in [0.1, 0.15) is 21.6 Å². The Morgan fingerprint density at radius 3 is 2.73 bits per heavy atom. The van der Waals surface area contributed by atoms with Gasteiger partial charge in [0.1, 0.15) is 18.2 Å². The van der Waals surface area contributed by atoms with Crippen molar-refractivity contribution in [2.24, 2.45) is 0 Å². The first-order valence-corrected chi connectivity index (χ1v) is 10.6. The fraction of sp³-hybridized carbons (Fsp3) is 0.273. The molecule has 2 heterocycles. The van der Waals surface area contributed by atoms with Crippen molar-refractivity contribution in [2.75, 3.05) is 31.6 Å². The van der Waals surface area contributed by atoms with E-state index < -0.39 is 0 Å². The third-order valence-corrected chi connectivity index (χ3v) is 5.51. The molecule has 1 aliphatic rings. The van der Waals surface area contributed by atoms with Crippen molar-refractivity contribution in [1.82, 2.24) is 9.88 Å². The molecule has 3 aromatic rings. The molecular weight excluding hydrogens is 405 g/mol. The summed E-state index contributed by atoms with van der Waals surface area (Å²) >= 11 is 1.40. The number of benzene rings is 2. The van der Waals surface area contributed by atoms with Gasteiger partial charge in [-0.25, -0.2) is 9.37 Å². The monoisotopic (exact) mass is 427 g/mol. The summed E-state index contributed by atoms with van der Waals surface area (Å²) in [5, 5.41) is 5.37. The Hall–Kier alpha value is -2.81. The number of carbonyl (C=O) groups is 1. The molecule has 0 atom stereocenters. The van der Waals surface area contributed by atoms with Crippen molar-refractivity contribution in [2.45, 2.75) is 13.2 Å². The smallest absolute Gasteiger partial charge is 0.261 e. The van der Waals surface area contributed by atoms with E-state index in [2.05, 4.69) is 15.2 Å². The number of para-hydroxylation sites is 1. The summed E-state index contributed by atoms with van der Waals surface area (Å²) in [4.78, 5) is 19.6. The number of nitrogens with one attached hydrogen (secondary N) is 1. The fourth-order valence-electron chi connectivity index (χ4n) is 3.11. The van der Waals surface area contributed by atoms with Crippen molar-refractivity contribution in [3.63, 3.8) is 0 Å². The van der Waals surface area contributed by atoms with Crippen LogP contribution >= 0.6 is 11.3 Å².